The van der Waals surface area contributed by atoms with Gasteiger partial charge in [0, 0.05) is 6.07 Å². The highest BCUT2D eigenvalue weighted by Crippen LogP contribution is 2.31. The molecule has 0 aromatic heterocycles. The van der Waals surface area contributed by atoms with E-state index in [0.717, 1.165) is 4.47 Å². The van der Waals surface area contributed by atoms with Crippen molar-refractivity contribution in [3.05, 3.63) is 57.5 Å². The Morgan fingerprint density at radius 2 is 1.94 bits per heavy atom. The van der Waals surface area contributed by atoms with Crippen LogP contribution in [0.4, 0.5) is 0 Å². The SMILES string of the molecule is N#Cc1ccc(Oc2ccccc2Br)cc1Cl. The number of ether oxygens (including phenoxy) is 1. The lowest BCUT2D eigenvalue weighted by atomic mass is 10.2. The first-order valence-electron chi connectivity index (χ1n) is 4.83. The van der Waals surface area contributed by atoms with Crippen LogP contribution in [0.3, 0.4) is 0 Å². The molecule has 2 rings (SSSR count). The highest BCUT2D eigenvalue weighted by atomic mass is 79.9. The van der Waals surface area contributed by atoms with Crippen LogP contribution in [0.1, 0.15) is 5.56 Å². The summed E-state index contributed by atoms with van der Waals surface area (Å²) in [4.78, 5) is 0. The minimum atomic E-state index is 0.386. The van der Waals surface area contributed by atoms with Gasteiger partial charge in [0.05, 0.1) is 15.1 Å². The molecule has 0 N–H and O–H groups in total. The van der Waals surface area contributed by atoms with Crippen LogP contribution in [-0.4, -0.2) is 0 Å². The van der Waals surface area contributed by atoms with Gasteiger partial charge in [-0.25, -0.2) is 0 Å². The molecule has 2 aromatic carbocycles. The Labute approximate surface area is 113 Å². The fraction of sp³-hybridized carbons (Fsp3) is 0. The fourth-order valence-electron chi connectivity index (χ4n) is 1.30. The van der Waals surface area contributed by atoms with E-state index < -0.39 is 0 Å². The van der Waals surface area contributed by atoms with Gasteiger partial charge in [-0.3, -0.25) is 0 Å². The van der Waals surface area contributed by atoms with Gasteiger partial charge in [0.15, 0.2) is 0 Å². The lowest BCUT2D eigenvalue weighted by molar-refractivity contribution is 0.479. The summed E-state index contributed by atoms with van der Waals surface area (Å²) in [6.07, 6.45) is 0. The first kappa shape index (κ1) is 12.0. The molecule has 0 atom stereocenters. The maximum Gasteiger partial charge on any atom is 0.141 e. The Kier molecular flexibility index (Phi) is 3.68. The van der Waals surface area contributed by atoms with Gasteiger partial charge in [-0.15, -0.1) is 0 Å². The predicted molar refractivity (Wildman–Crippen MR) is 70.4 cm³/mol. The van der Waals surface area contributed by atoms with Crippen LogP contribution in [0.5, 0.6) is 11.5 Å². The minimum Gasteiger partial charge on any atom is -0.456 e. The Morgan fingerprint density at radius 1 is 1.18 bits per heavy atom. The normalized spacial score (nSPS) is 9.71. The molecule has 17 heavy (non-hydrogen) atoms. The Balaban J connectivity index is 2.29. The third-order valence-corrected chi connectivity index (χ3v) is 3.09. The first-order chi connectivity index (χ1) is 8.20. The number of nitriles is 1. The summed E-state index contributed by atoms with van der Waals surface area (Å²) in [5, 5.41) is 9.15. The van der Waals surface area contributed by atoms with Crippen LogP contribution >= 0.6 is 27.5 Å². The van der Waals surface area contributed by atoms with Gasteiger partial charge in [0.1, 0.15) is 17.6 Å². The predicted octanol–water partition coefficient (Wildman–Crippen LogP) is 4.77. The van der Waals surface area contributed by atoms with E-state index in [0.29, 0.717) is 22.1 Å². The van der Waals surface area contributed by atoms with Crippen LogP contribution in [0.25, 0.3) is 0 Å². The van der Waals surface area contributed by atoms with E-state index in [9.17, 15) is 0 Å². The Hall–Kier alpha value is -1.50. The molecule has 0 radical (unpaired) electrons. The molecule has 0 fully saturated rings. The van der Waals surface area contributed by atoms with Crippen molar-refractivity contribution in [2.45, 2.75) is 0 Å². The maximum absolute atomic E-state index is 8.76. The average Bonchev–Trinajstić information content (AvgIpc) is 2.32. The molecule has 0 aliphatic rings. The first-order valence-corrected chi connectivity index (χ1v) is 6.00. The molecule has 2 aromatic rings. The van der Waals surface area contributed by atoms with Gasteiger partial charge < -0.3 is 4.74 Å². The van der Waals surface area contributed by atoms with Crippen molar-refractivity contribution in [1.82, 2.24) is 0 Å². The summed E-state index contributed by atoms with van der Waals surface area (Å²) in [5.74, 6) is 1.30. The molecule has 0 saturated carbocycles. The number of halogens is 2. The third-order valence-electron chi connectivity index (χ3n) is 2.13. The molecule has 0 amide bonds. The monoisotopic (exact) mass is 307 g/mol. The van der Waals surface area contributed by atoms with E-state index >= 15 is 0 Å². The summed E-state index contributed by atoms with van der Waals surface area (Å²) in [6, 6.07) is 14.5. The highest BCUT2D eigenvalue weighted by Gasteiger charge is 2.04. The van der Waals surface area contributed by atoms with Crippen molar-refractivity contribution < 1.29 is 4.74 Å². The van der Waals surface area contributed by atoms with Crippen LogP contribution in [-0.2, 0) is 0 Å². The molecule has 0 aliphatic heterocycles. The maximum atomic E-state index is 8.76. The van der Waals surface area contributed by atoms with Crippen molar-refractivity contribution in [3.63, 3.8) is 0 Å². The zero-order valence-electron chi connectivity index (χ0n) is 8.65. The van der Waals surface area contributed by atoms with Crippen molar-refractivity contribution in [1.29, 1.82) is 5.26 Å². The largest absolute Gasteiger partial charge is 0.456 e. The Morgan fingerprint density at radius 3 is 2.59 bits per heavy atom. The molecule has 0 spiro atoms. The molecule has 0 heterocycles. The van der Waals surface area contributed by atoms with E-state index in [-0.39, 0.29) is 0 Å². The quantitative estimate of drug-likeness (QED) is 0.801. The van der Waals surface area contributed by atoms with Crippen molar-refractivity contribution in [3.8, 4) is 17.6 Å². The third kappa shape index (κ3) is 2.79. The van der Waals surface area contributed by atoms with E-state index in [1.807, 2.05) is 30.3 Å². The van der Waals surface area contributed by atoms with Gasteiger partial charge in [-0.1, -0.05) is 23.7 Å². The molecule has 0 aliphatic carbocycles. The van der Waals surface area contributed by atoms with Gasteiger partial charge in [0.25, 0.3) is 0 Å². The van der Waals surface area contributed by atoms with Crippen LogP contribution in [0.15, 0.2) is 46.9 Å². The second-order valence-corrected chi connectivity index (χ2v) is 4.55. The number of hydrogen-bond acceptors (Lipinski definition) is 2. The molecule has 2 nitrogen and oxygen atoms in total. The average molecular weight is 309 g/mol. The minimum absolute atomic E-state index is 0.386. The molecule has 0 saturated heterocycles. The van der Waals surface area contributed by atoms with Crippen LogP contribution in [0, 0.1) is 11.3 Å². The summed E-state index contributed by atoms with van der Waals surface area (Å²) in [7, 11) is 0. The Bertz CT molecular complexity index is 592. The van der Waals surface area contributed by atoms with Crippen LogP contribution < -0.4 is 4.74 Å². The van der Waals surface area contributed by atoms with E-state index in [2.05, 4.69) is 15.9 Å². The molecule has 0 bridgehead atoms. The second kappa shape index (κ2) is 5.22. The number of nitrogens with zero attached hydrogens (tertiary/aromatic N) is 1. The number of benzene rings is 2. The standard InChI is InChI=1S/C13H7BrClNO/c14-11-3-1-2-4-13(11)17-10-6-5-9(8-16)12(15)7-10/h1-7H. The highest BCUT2D eigenvalue weighted by molar-refractivity contribution is 9.10. The van der Waals surface area contributed by atoms with E-state index in [4.69, 9.17) is 21.6 Å². The van der Waals surface area contributed by atoms with Crippen molar-refractivity contribution in [2.75, 3.05) is 0 Å². The number of para-hydroxylation sites is 1. The zero-order valence-corrected chi connectivity index (χ0v) is 11.0. The summed E-state index contributed by atoms with van der Waals surface area (Å²) < 4.78 is 6.51. The topological polar surface area (TPSA) is 33.0 Å². The molecule has 4 heteroatoms. The van der Waals surface area contributed by atoms with Gasteiger partial charge in [0.2, 0.25) is 0 Å². The second-order valence-electron chi connectivity index (χ2n) is 3.29. The molecule has 84 valence electrons. The number of rotatable bonds is 2. The smallest absolute Gasteiger partial charge is 0.141 e. The zero-order chi connectivity index (χ0) is 12.3. The summed E-state index contributed by atoms with van der Waals surface area (Å²) in [6.45, 7) is 0. The molecular weight excluding hydrogens is 302 g/mol. The van der Waals surface area contributed by atoms with Crippen molar-refractivity contribution in [2.24, 2.45) is 0 Å². The van der Waals surface area contributed by atoms with E-state index in [1.165, 1.54) is 0 Å². The van der Waals surface area contributed by atoms with E-state index in [1.54, 1.807) is 18.2 Å². The lowest BCUT2D eigenvalue weighted by Gasteiger charge is -2.07. The van der Waals surface area contributed by atoms with Gasteiger partial charge >= 0.3 is 0 Å². The number of hydrogen-bond donors (Lipinski definition) is 0. The molecular formula is C13H7BrClNO. The van der Waals surface area contributed by atoms with Gasteiger partial charge in [-0.2, -0.15) is 5.26 Å². The van der Waals surface area contributed by atoms with Crippen molar-refractivity contribution >= 4 is 27.5 Å². The lowest BCUT2D eigenvalue weighted by Crippen LogP contribution is -1.86. The fourth-order valence-corrected chi connectivity index (χ4v) is 1.88. The molecule has 0 unspecified atom stereocenters. The summed E-state index contributed by atoms with van der Waals surface area (Å²) in [5.41, 5.74) is 0.436. The summed E-state index contributed by atoms with van der Waals surface area (Å²) >= 11 is 9.31. The van der Waals surface area contributed by atoms with Crippen LogP contribution in [0.2, 0.25) is 5.02 Å². The van der Waals surface area contributed by atoms with Gasteiger partial charge in [-0.05, 0) is 40.2 Å².